The van der Waals surface area contributed by atoms with Gasteiger partial charge in [-0.1, -0.05) is 23.2 Å². The number of carbonyl (C=O) groups is 1. The van der Waals surface area contributed by atoms with Crippen LogP contribution in [0.25, 0.3) is 0 Å². The number of aromatic hydroxyl groups is 1. The number of carboxylic acids is 1. The Labute approximate surface area is 115 Å². The van der Waals surface area contributed by atoms with Crippen LogP contribution in [0.1, 0.15) is 19.3 Å². The lowest BCUT2D eigenvalue weighted by molar-refractivity contribution is -0.139. The van der Waals surface area contributed by atoms with E-state index in [-0.39, 0.29) is 10.8 Å². The lowest BCUT2D eigenvalue weighted by Crippen LogP contribution is -2.45. The number of phenols is 1. The summed E-state index contributed by atoms with van der Waals surface area (Å²) in [5.41, 5.74) is 0.316. The van der Waals surface area contributed by atoms with E-state index in [1.54, 1.807) is 4.90 Å². The summed E-state index contributed by atoms with van der Waals surface area (Å²) in [6, 6.07) is 2.25. The molecule has 1 unspecified atom stereocenters. The molecule has 1 fully saturated rings. The first-order valence-corrected chi connectivity index (χ1v) is 6.44. The predicted octanol–water partition coefficient (Wildman–Crippen LogP) is 3.14. The third kappa shape index (κ3) is 2.35. The van der Waals surface area contributed by atoms with Crippen LogP contribution in [-0.2, 0) is 4.79 Å². The quantitative estimate of drug-likeness (QED) is 0.878. The molecule has 0 bridgehead atoms. The number of carboxylic acid groups (broad SMARTS) is 1. The summed E-state index contributed by atoms with van der Waals surface area (Å²) in [5.74, 6) is -0.956. The summed E-state index contributed by atoms with van der Waals surface area (Å²) < 4.78 is 0. The van der Waals surface area contributed by atoms with Crippen LogP contribution in [0.3, 0.4) is 0 Å². The molecule has 18 heavy (non-hydrogen) atoms. The number of nitrogens with zero attached hydrogens (tertiary/aromatic N) is 1. The highest BCUT2D eigenvalue weighted by atomic mass is 35.5. The van der Waals surface area contributed by atoms with E-state index in [9.17, 15) is 15.0 Å². The van der Waals surface area contributed by atoms with Gasteiger partial charge < -0.3 is 15.1 Å². The molecule has 4 nitrogen and oxygen atoms in total. The van der Waals surface area contributed by atoms with Crippen molar-refractivity contribution in [2.75, 3.05) is 11.4 Å². The first-order chi connectivity index (χ1) is 8.52. The topological polar surface area (TPSA) is 60.8 Å². The SMILES string of the molecule is O=C(O)C1CCCCN1c1c(O)ccc(Cl)c1Cl. The van der Waals surface area contributed by atoms with E-state index in [1.165, 1.54) is 12.1 Å². The van der Waals surface area contributed by atoms with E-state index in [0.717, 1.165) is 12.8 Å². The molecule has 0 aromatic heterocycles. The van der Waals surface area contributed by atoms with Crippen molar-refractivity contribution in [2.45, 2.75) is 25.3 Å². The Hall–Kier alpha value is -1.13. The molecule has 1 aliphatic rings. The number of benzene rings is 1. The lowest BCUT2D eigenvalue weighted by atomic mass is 10.0. The highest BCUT2D eigenvalue weighted by Crippen LogP contribution is 2.42. The maximum atomic E-state index is 11.2. The van der Waals surface area contributed by atoms with Gasteiger partial charge >= 0.3 is 5.97 Å². The number of phenolic OH excluding ortho intramolecular Hbond substituents is 1. The number of hydrogen-bond acceptors (Lipinski definition) is 3. The number of halogens is 2. The Kier molecular flexibility index (Phi) is 3.88. The minimum Gasteiger partial charge on any atom is -0.506 e. The first kappa shape index (κ1) is 13.3. The molecule has 1 saturated heterocycles. The maximum Gasteiger partial charge on any atom is 0.326 e. The molecular formula is C12H13Cl2NO3. The second-order valence-electron chi connectivity index (χ2n) is 4.27. The van der Waals surface area contributed by atoms with Gasteiger partial charge in [0.25, 0.3) is 0 Å². The van der Waals surface area contributed by atoms with Gasteiger partial charge in [-0.25, -0.2) is 4.79 Å². The molecule has 1 aromatic carbocycles. The van der Waals surface area contributed by atoms with E-state index < -0.39 is 12.0 Å². The Morgan fingerprint density at radius 1 is 1.33 bits per heavy atom. The van der Waals surface area contributed by atoms with Crippen LogP contribution in [0.15, 0.2) is 12.1 Å². The minimum atomic E-state index is -0.912. The van der Waals surface area contributed by atoms with Gasteiger partial charge in [0.1, 0.15) is 17.5 Å². The van der Waals surface area contributed by atoms with Crippen molar-refractivity contribution in [3.63, 3.8) is 0 Å². The molecule has 2 rings (SSSR count). The van der Waals surface area contributed by atoms with Crippen LogP contribution < -0.4 is 4.90 Å². The molecule has 1 aromatic rings. The van der Waals surface area contributed by atoms with Gasteiger partial charge in [-0.2, -0.15) is 0 Å². The minimum absolute atomic E-state index is 0.0439. The molecule has 0 radical (unpaired) electrons. The molecule has 1 atom stereocenters. The number of rotatable bonds is 2. The van der Waals surface area contributed by atoms with E-state index >= 15 is 0 Å². The maximum absolute atomic E-state index is 11.2. The first-order valence-electron chi connectivity index (χ1n) is 5.68. The number of hydrogen-bond donors (Lipinski definition) is 2. The molecule has 0 amide bonds. The summed E-state index contributed by atoms with van der Waals surface area (Å²) >= 11 is 12.0. The molecule has 0 saturated carbocycles. The van der Waals surface area contributed by atoms with E-state index in [4.69, 9.17) is 23.2 Å². The fraction of sp³-hybridized carbons (Fsp3) is 0.417. The fourth-order valence-corrected chi connectivity index (χ4v) is 2.68. The Bertz CT molecular complexity index is 479. The fourth-order valence-electron chi connectivity index (χ4n) is 2.26. The van der Waals surface area contributed by atoms with Crippen molar-refractivity contribution in [3.05, 3.63) is 22.2 Å². The van der Waals surface area contributed by atoms with Crippen molar-refractivity contribution in [1.29, 1.82) is 0 Å². The molecule has 1 heterocycles. The Morgan fingerprint density at radius 2 is 2.06 bits per heavy atom. The molecule has 2 N–H and O–H groups in total. The highest BCUT2D eigenvalue weighted by molar-refractivity contribution is 6.44. The number of anilines is 1. The predicted molar refractivity (Wildman–Crippen MR) is 70.7 cm³/mol. The standard InChI is InChI=1S/C12H13Cl2NO3/c13-7-4-5-9(16)11(10(7)14)15-6-2-1-3-8(15)12(17)18/h4-5,8,16H,1-3,6H2,(H,17,18). The van der Waals surface area contributed by atoms with Crippen LogP contribution in [0.2, 0.25) is 10.0 Å². The van der Waals surface area contributed by atoms with E-state index in [2.05, 4.69) is 0 Å². The third-order valence-electron chi connectivity index (χ3n) is 3.12. The van der Waals surface area contributed by atoms with E-state index in [1.807, 2.05) is 0 Å². The van der Waals surface area contributed by atoms with Gasteiger partial charge in [-0.05, 0) is 31.4 Å². The molecule has 0 spiro atoms. The molecule has 6 heteroatoms. The van der Waals surface area contributed by atoms with E-state index in [0.29, 0.717) is 23.7 Å². The van der Waals surface area contributed by atoms with Gasteiger partial charge in [0.15, 0.2) is 0 Å². The monoisotopic (exact) mass is 289 g/mol. The molecular weight excluding hydrogens is 277 g/mol. The second kappa shape index (κ2) is 5.24. The zero-order valence-corrected chi connectivity index (χ0v) is 11.1. The Morgan fingerprint density at radius 3 is 2.72 bits per heavy atom. The van der Waals surface area contributed by atoms with Gasteiger partial charge in [0, 0.05) is 6.54 Å². The molecule has 98 valence electrons. The lowest BCUT2D eigenvalue weighted by Gasteiger charge is -2.35. The largest absolute Gasteiger partial charge is 0.506 e. The van der Waals surface area contributed by atoms with Crippen LogP contribution >= 0.6 is 23.2 Å². The highest BCUT2D eigenvalue weighted by Gasteiger charge is 2.31. The third-order valence-corrected chi connectivity index (χ3v) is 3.92. The van der Waals surface area contributed by atoms with Crippen molar-refractivity contribution >= 4 is 34.9 Å². The molecule has 1 aliphatic heterocycles. The summed E-state index contributed by atoms with van der Waals surface area (Å²) in [6.45, 7) is 0.546. The average molecular weight is 290 g/mol. The Balaban J connectivity index is 2.46. The smallest absolute Gasteiger partial charge is 0.326 e. The van der Waals surface area contributed by atoms with Gasteiger partial charge in [-0.15, -0.1) is 0 Å². The summed E-state index contributed by atoms with van der Waals surface area (Å²) in [6.07, 6.45) is 2.26. The van der Waals surface area contributed by atoms with Crippen molar-refractivity contribution in [3.8, 4) is 5.75 Å². The number of piperidine rings is 1. The number of aliphatic carboxylic acids is 1. The summed E-state index contributed by atoms with van der Waals surface area (Å²) in [4.78, 5) is 12.9. The summed E-state index contributed by atoms with van der Waals surface area (Å²) in [7, 11) is 0. The van der Waals surface area contributed by atoms with Crippen LogP contribution in [0, 0.1) is 0 Å². The van der Waals surface area contributed by atoms with Crippen molar-refractivity contribution in [2.24, 2.45) is 0 Å². The van der Waals surface area contributed by atoms with Gasteiger partial charge in [0.2, 0.25) is 0 Å². The van der Waals surface area contributed by atoms with Crippen LogP contribution in [-0.4, -0.2) is 28.8 Å². The summed E-state index contributed by atoms with van der Waals surface area (Å²) in [5, 5.41) is 19.6. The van der Waals surface area contributed by atoms with Crippen molar-refractivity contribution in [1.82, 2.24) is 0 Å². The normalized spacial score (nSPS) is 19.9. The zero-order valence-electron chi connectivity index (χ0n) is 9.57. The van der Waals surface area contributed by atoms with Gasteiger partial charge in [-0.3, -0.25) is 0 Å². The van der Waals surface area contributed by atoms with Crippen LogP contribution in [0.5, 0.6) is 5.75 Å². The van der Waals surface area contributed by atoms with Crippen LogP contribution in [0.4, 0.5) is 5.69 Å². The second-order valence-corrected chi connectivity index (χ2v) is 5.06. The molecule has 0 aliphatic carbocycles. The van der Waals surface area contributed by atoms with Crippen molar-refractivity contribution < 1.29 is 15.0 Å². The van der Waals surface area contributed by atoms with Gasteiger partial charge in [0.05, 0.1) is 10.0 Å². The zero-order chi connectivity index (χ0) is 13.3. The average Bonchev–Trinajstić information content (AvgIpc) is 2.35.